The summed E-state index contributed by atoms with van der Waals surface area (Å²) in [5, 5.41) is 2.65. The summed E-state index contributed by atoms with van der Waals surface area (Å²) in [6.45, 7) is 3.62. The van der Waals surface area contributed by atoms with E-state index in [2.05, 4.69) is 20.0 Å². The molecule has 0 saturated carbocycles. The van der Waals surface area contributed by atoms with Crippen molar-refractivity contribution in [2.45, 2.75) is 18.7 Å². The van der Waals surface area contributed by atoms with Crippen LogP contribution in [0, 0.1) is 13.8 Å². The first-order chi connectivity index (χ1) is 15.1. The molecule has 0 saturated heterocycles. The van der Waals surface area contributed by atoms with Crippen LogP contribution in [0.5, 0.6) is 5.88 Å². The van der Waals surface area contributed by atoms with E-state index in [0.717, 1.165) is 11.1 Å². The number of sulfonamides is 1. The lowest BCUT2D eigenvalue weighted by molar-refractivity contribution is 0.102. The molecule has 0 spiro atoms. The molecule has 0 aliphatic carbocycles. The molecule has 0 aliphatic heterocycles. The number of nitrogens with one attached hydrogen (secondary N) is 2. The fourth-order valence-corrected chi connectivity index (χ4v) is 4.35. The van der Waals surface area contributed by atoms with Gasteiger partial charge in [0.2, 0.25) is 5.88 Å². The van der Waals surface area contributed by atoms with Crippen LogP contribution in [0.3, 0.4) is 0 Å². The van der Waals surface area contributed by atoms with E-state index in [1.54, 1.807) is 12.1 Å². The van der Waals surface area contributed by atoms with Crippen molar-refractivity contribution in [3.8, 4) is 5.88 Å². The number of pyridine rings is 2. The average molecular weight is 456 g/mol. The summed E-state index contributed by atoms with van der Waals surface area (Å²) in [7, 11) is 0.978. The van der Waals surface area contributed by atoms with Crippen molar-refractivity contribution in [1.82, 2.24) is 9.97 Å². The van der Waals surface area contributed by atoms with Crippen LogP contribution in [0.4, 0.5) is 17.2 Å². The molecule has 3 aromatic rings. The number of hydrogen-bond acceptors (Lipinski definition) is 7. The lowest BCUT2D eigenvalue weighted by atomic mass is 10.1. The van der Waals surface area contributed by atoms with E-state index in [9.17, 15) is 13.2 Å². The molecule has 0 atom stereocenters. The molecule has 0 fully saturated rings. The van der Waals surface area contributed by atoms with Crippen molar-refractivity contribution in [2.75, 3.05) is 36.1 Å². The summed E-state index contributed by atoms with van der Waals surface area (Å²) in [5.41, 5.74) is 2.56. The number of aryl methyl sites for hydroxylation is 2. The van der Waals surface area contributed by atoms with Gasteiger partial charge in [0, 0.05) is 20.3 Å². The van der Waals surface area contributed by atoms with Crippen LogP contribution in [-0.4, -0.2) is 45.5 Å². The number of carbonyl (C=O) groups excluding carboxylic acids is 1. The van der Waals surface area contributed by atoms with E-state index in [4.69, 9.17) is 4.74 Å². The molecule has 3 rings (SSSR count). The SMILES string of the molecule is COc1ncc(NC(=O)c2ccc(N(C)C)nc2)cc1S(=O)(=O)Nc1c(C)cccc1C. The minimum atomic E-state index is -4.05. The number of ether oxygens (including phenoxy) is 1. The van der Waals surface area contributed by atoms with Crippen molar-refractivity contribution >= 4 is 33.1 Å². The molecule has 2 N–H and O–H groups in total. The van der Waals surface area contributed by atoms with Crippen molar-refractivity contribution in [1.29, 1.82) is 0 Å². The molecule has 0 unspecified atom stereocenters. The highest BCUT2D eigenvalue weighted by atomic mass is 32.2. The van der Waals surface area contributed by atoms with Gasteiger partial charge in [-0.3, -0.25) is 9.52 Å². The van der Waals surface area contributed by atoms with E-state index in [-0.39, 0.29) is 16.5 Å². The Balaban J connectivity index is 1.90. The predicted octanol–water partition coefficient (Wildman–Crippen LogP) is 3.22. The van der Waals surface area contributed by atoms with Crippen LogP contribution in [0.2, 0.25) is 0 Å². The fourth-order valence-electron chi connectivity index (χ4n) is 3.00. The van der Waals surface area contributed by atoms with Gasteiger partial charge < -0.3 is 15.0 Å². The number of rotatable bonds is 7. The summed E-state index contributed by atoms with van der Waals surface area (Å²) >= 11 is 0. The minimum absolute atomic E-state index is 0.0845. The highest BCUT2D eigenvalue weighted by Gasteiger charge is 2.23. The quantitative estimate of drug-likeness (QED) is 0.562. The number of amides is 1. The van der Waals surface area contributed by atoms with Crippen LogP contribution in [-0.2, 0) is 10.0 Å². The second kappa shape index (κ2) is 9.23. The summed E-state index contributed by atoms with van der Waals surface area (Å²) < 4.78 is 34.0. The molecule has 1 aromatic carbocycles. The van der Waals surface area contributed by atoms with Gasteiger partial charge in [-0.25, -0.2) is 18.4 Å². The molecule has 2 aromatic heterocycles. The van der Waals surface area contributed by atoms with Gasteiger partial charge in [0.1, 0.15) is 5.82 Å². The van der Waals surface area contributed by atoms with Crippen LogP contribution >= 0.6 is 0 Å². The van der Waals surface area contributed by atoms with Crippen molar-refractivity contribution < 1.29 is 17.9 Å². The summed E-state index contributed by atoms with van der Waals surface area (Å²) in [4.78, 5) is 22.5. The normalized spacial score (nSPS) is 11.0. The minimum Gasteiger partial charge on any atom is -0.480 e. The molecule has 1 amide bonds. The smallest absolute Gasteiger partial charge is 0.267 e. The molecule has 0 bridgehead atoms. The Labute approximate surface area is 187 Å². The van der Waals surface area contributed by atoms with Gasteiger partial charge in [-0.05, 0) is 43.2 Å². The number of benzene rings is 1. The molecule has 168 valence electrons. The number of carbonyl (C=O) groups is 1. The fraction of sp³-hybridized carbons (Fsp3) is 0.227. The monoisotopic (exact) mass is 455 g/mol. The Bertz CT molecular complexity index is 1220. The average Bonchev–Trinajstić information content (AvgIpc) is 2.76. The number of anilines is 3. The van der Waals surface area contributed by atoms with E-state index < -0.39 is 15.9 Å². The van der Waals surface area contributed by atoms with Gasteiger partial charge in [-0.15, -0.1) is 0 Å². The standard InChI is InChI=1S/C22H25N5O4S/c1-14-7-6-8-15(2)20(14)26-32(29,30)18-11-17(13-24-22(18)31-5)25-21(28)16-9-10-19(23-12-16)27(3)4/h6-13,26H,1-5H3,(H,25,28). The second-order valence-electron chi connectivity index (χ2n) is 7.36. The third-order valence-corrected chi connectivity index (χ3v) is 6.09. The highest BCUT2D eigenvalue weighted by Crippen LogP contribution is 2.29. The van der Waals surface area contributed by atoms with E-state index in [1.165, 1.54) is 25.6 Å². The summed E-state index contributed by atoms with van der Waals surface area (Å²) in [5.74, 6) is 0.179. The maximum atomic E-state index is 13.1. The Morgan fingerprint density at radius 1 is 1.03 bits per heavy atom. The molecule has 32 heavy (non-hydrogen) atoms. The van der Waals surface area contributed by atoms with Gasteiger partial charge in [-0.2, -0.15) is 0 Å². The molecule has 2 heterocycles. The molecule has 9 nitrogen and oxygen atoms in total. The maximum Gasteiger partial charge on any atom is 0.267 e. The molecular formula is C22H25N5O4S. The first-order valence-electron chi connectivity index (χ1n) is 9.70. The van der Waals surface area contributed by atoms with Gasteiger partial charge >= 0.3 is 0 Å². The largest absolute Gasteiger partial charge is 0.480 e. The third-order valence-electron chi connectivity index (χ3n) is 4.74. The number of hydrogen-bond donors (Lipinski definition) is 2. The lowest BCUT2D eigenvalue weighted by Crippen LogP contribution is -2.18. The molecule has 0 aliphatic rings. The maximum absolute atomic E-state index is 13.1. The van der Waals surface area contributed by atoms with Crippen molar-refractivity contribution in [2.24, 2.45) is 0 Å². The zero-order valence-electron chi connectivity index (χ0n) is 18.5. The van der Waals surface area contributed by atoms with Gasteiger partial charge in [0.15, 0.2) is 4.90 Å². The Morgan fingerprint density at radius 2 is 1.72 bits per heavy atom. The first-order valence-corrected chi connectivity index (χ1v) is 11.2. The number of nitrogens with zero attached hydrogens (tertiary/aromatic N) is 3. The molecular weight excluding hydrogens is 430 g/mol. The van der Waals surface area contributed by atoms with Crippen molar-refractivity contribution in [3.63, 3.8) is 0 Å². The summed E-state index contributed by atoms with van der Waals surface area (Å²) in [6.07, 6.45) is 2.78. The number of aromatic nitrogens is 2. The molecule has 0 radical (unpaired) electrons. The van der Waals surface area contributed by atoms with E-state index in [1.807, 2.05) is 51.0 Å². The number of methoxy groups -OCH3 is 1. The highest BCUT2D eigenvalue weighted by molar-refractivity contribution is 7.92. The van der Waals surface area contributed by atoms with E-state index >= 15 is 0 Å². The van der Waals surface area contributed by atoms with Gasteiger partial charge in [-0.1, -0.05) is 18.2 Å². The Kier molecular flexibility index (Phi) is 6.64. The predicted molar refractivity (Wildman–Crippen MR) is 124 cm³/mol. The zero-order chi connectivity index (χ0) is 23.5. The Hall–Kier alpha value is -3.66. The van der Waals surface area contributed by atoms with Gasteiger partial charge in [0.25, 0.3) is 15.9 Å². The van der Waals surface area contributed by atoms with Crippen LogP contribution in [0.15, 0.2) is 53.7 Å². The van der Waals surface area contributed by atoms with Crippen molar-refractivity contribution in [3.05, 3.63) is 65.5 Å². The molecule has 10 heteroatoms. The second-order valence-corrected chi connectivity index (χ2v) is 9.01. The first kappa shape index (κ1) is 23.0. The van der Waals surface area contributed by atoms with Crippen LogP contribution in [0.25, 0.3) is 0 Å². The summed E-state index contributed by atoms with van der Waals surface area (Å²) in [6, 6.07) is 10.1. The topological polar surface area (TPSA) is 114 Å². The zero-order valence-corrected chi connectivity index (χ0v) is 19.3. The van der Waals surface area contributed by atoms with E-state index in [0.29, 0.717) is 17.1 Å². The third kappa shape index (κ3) is 4.97. The number of para-hydroxylation sites is 1. The van der Waals surface area contributed by atoms with Gasteiger partial charge in [0.05, 0.1) is 30.2 Å². The Morgan fingerprint density at radius 3 is 2.28 bits per heavy atom. The van der Waals surface area contributed by atoms with Crippen LogP contribution in [0.1, 0.15) is 21.5 Å². The lowest BCUT2D eigenvalue weighted by Gasteiger charge is -2.15. The van der Waals surface area contributed by atoms with Crippen LogP contribution < -0.4 is 19.7 Å².